The second-order valence-electron chi connectivity index (χ2n) is 8.82. The van der Waals surface area contributed by atoms with E-state index in [9.17, 15) is 0 Å². The summed E-state index contributed by atoms with van der Waals surface area (Å²) in [6, 6.07) is 22.3. The van der Waals surface area contributed by atoms with Gasteiger partial charge in [0, 0.05) is 10.0 Å². The fourth-order valence-electron chi connectivity index (χ4n) is 4.68. The molecule has 3 rings (SSSR count). The Morgan fingerprint density at radius 2 is 1.13 bits per heavy atom. The molecule has 3 aromatic rings. The molecule has 0 aromatic heterocycles. The second kappa shape index (κ2) is 10.1. The molecule has 0 amide bonds. The van der Waals surface area contributed by atoms with Crippen molar-refractivity contribution in [2.75, 3.05) is 0 Å². The van der Waals surface area contributed by atoms with Gasteiger partial charge in [-0.3, -0.25) is 0 Å². The van der Waals surface area contributed by atoms with E-state index in [1.54, 1.807) is 0 Å². The van der Waals surface area contributed by atoms with Crippen molar-refractivity contribution in [3.05, 3.63) is 87.4 Å². The lowest BCUT2D eigenvalue weighted by atomic mass is 9.14. The minimum absolute atomic E-state index is 0.831. The molecule has 158 valence electrons. The van der Waals surface area contributed by atoms with Gasteiger partial charge in [0.05, 0.1) is 6.15 Å². The minimum Gasteiger partial charge on any atom is -0.200 e. The molecule has 0 nitrogen and oxygen atoms in total. The highest BCUT2D eigenvalue weighted by atomic mass is 35.5. The fraction of sp³-hybridized carbons (Fsp3) is 0.333. The van der Waals surface area contributed by atoms with Gasteiger partial charge in [0.1, 0.15) is 0 Å². The van der Waals surface area contributed by atoms with Crippen molar-refractivity contribution in [1.82, 2.24) is 0 Å². The van der Waals surface area contributed by atoms with Crippen LogP contribution in [-0.4, -0.2) is 6.15 Å². The van der Waals surface area contributed by atoms with Crippen LogP contribution in [0.25, 0.3) is 0 Å². The first-order valence-electron chi connectivity index (χ1n) is 11.2. The maximum absolute atomic E-state index is 6.64. The number of halogens is 2. The van der Waals surface area contributed by atoms with Crippen molar-refractivity contribution in [3.63, 3.8) is 0 Å². The number of benzene rings is 3. The monoisotopic (exact) mass is 437 g/mol. The number of rotatable bonds is 8. The van der Waals surface area contributed by atoms with Crippen LogP contribution in [0.15, 0.2) is 60.7 Å². The summed E-state index contributed by atoms with van der Waals surface area (Å²) in [5, 5.41) is 1.66. The summed E-state index contributed by atoms with van der Waals surface area (Å²) in [5.74, 6) is 0. The van der Waals surface area contributed by atoms with E-state index in [1.165, 1.54) is 47.6 Å². The lowest BCUT2D eigenvalue weighted by molar-refractivity contribution is 0.698. The van der Waals surface area contributed by atoms with Crippen molar-refractivity contribution in [2.24, 2.45) is 0 Å². The quantitative estimate of drug-likeness (QED) is 0.263. The van der Waals surface area contributed by atoms with Gasteiger partial charge in [-0.05, 0) is 31.9 Å². The van der Waals surface area contributed by atoms with Gasteiger partial charge >= 0.3 is 0 Å². The molecule has 0 heterocycles. The van der Waals surface area contributed by atoms with Crippen LogP contribution in [0.5, 0.6) is 0 Å². The lowest BCUT2D eigenvalue weighted by Gasteiger charge is -2.44. The predicted octanol–water partition coefficient (Wildman–Crippen LogP) is 6.97. The third-order valence-electron chi connectivity index (χ3n) is 6.67. The molecule has 0 saturated carbocycles. The van der Waals surface area contributed by atoms with E-state index in [0.717, 1.165) is 27.5 Å². The van der Waals surface area contributed by atoms with Crippen molar-refractivity contribution >= 4 is 45.7 Å². The Morgan fingerprint density at radius 1 is 0.633 bits per heavy atom. The van der Waals surface area contributed by atoms with Crippen LogP contribution in [0, 0.1) is 20.8 Å². The fourth-order valence-corrected chi connectivity index (χ4v) is 5.06. The molecule has 0 saturated heterocycles. The highest BCUT2D eigenvalue weighted by Gasteiger charge is 2.30. The van der Waals surface area contributed by atoms with E-state index in [4.69, 9.17) is 23.2 Å². The van der Waals surface area contributed by atoms with Crippen molar-refractivity contribution in [3.8, 4) is 0 Å². The summed E-state index contributed by atoms with van der Waals surface area (Å²) in [6.45, 7) is 8.54. The van der Waals surface area contributed by atoms with Gasteiger partial charge in [0.25, 0.3) is 0 Å². The Morgan fingerprint density at radius 3 is 1.60 bits per heavy atom. The molecular weight excluding hydrogens is 406 g/mol. The van der Waals surface area contributed by atoms with E-state index in [1.807, 2.05) is 0 Å². The zero-order chi connectivity index (χ0) is 21.7. The Labute approximate surface area is 192 Å². The molecule has 30 heavy (non-hydrogen) atoms. The molecule has 3 heteroatoms. The molecule has 3 aromatic carbocycles. The maximum atomic E-state index is 6.64. The average Bonchev–Trinajstić information content (AvgIpc) is 2.73. The Bertz CT molecular complexity index is 941. The molecule has 0 aliphatic heterocycles. The topological polar surface area (TPSA) is 0 Å². The Hall–Kier alpha value is -1.70. The van der Waals surface area contributed by atoms with Crippen molar-refractivity contribution < 1.29 is 0 Å². The van der Waals surface area contributed by atoms with E-state index in [0.29, 0.717) is 0 Å². The largest absolute Gasteiger partial charge is 0.200 e. The zero-order valence-electron chi connectivity index (χ0n) is 18.6. The SMILES string of the molecule is CCCCCC[B-](c1ccc(C)cc1)(c1ccc(C)c(Cl)c1)c1ccc(C)c(Cl)c1. The molecular formula is C27H32BCl2-. The first kappa shape index (κ1) is 23.0. The van der Waals surface area contributed by atoms with E-state index in [-0.39, 0.29) is 0 Å². The van der Waals surface area contributed by atoms with E-state index < -0.39 is 6.15 Å². The minimum atomic E-state index is -1.18. The molecule has 0 N–H and O–H groups in total. The molecule has 0 aliphatic rings. The van der Waals surface area contributed by atoms with Gasteiger partial charge in [-0.1, -0.05) is 122 Å². The predicted molar refractivity (Wildman–Crippen MR) is 137 cm³/mol. The molecule has 0 radical (unpaired) electrons. The van der Waals surface area contributed by atoms with Crippen LogP contribution >= 0.6 is 23.2 Å². The van der Waals surface area contributed by atoms with Crippen LogP contribution in [0.1, 0.15) is 49.3 Å². The highest BCUT2D eigenvalue weighted by molar-refractivity contribution is 7.11. The third kappa shape index (κ3) is 4.79. The molecule has 0 fully saturated rings. The van der Waals surface area contributed by atoms with E-state index >= 15 is 0 Å². The highest BCUT2D eigenvalue weighted by Crippen LogP contribution is 2.23. The average molecular weight is 438 g/mol. The maximum Gasteiger partial charge on any atom is 0.0816 e. The lowest BCUT2D eigenvalue weighted by Crippen LogP contribution is -2.67. The molecule has 0 unspecified atom stereocenters. The van der Waals surface area contributed by atoms with Gasteiger partial charge < -0.3 is 0 Å². The summed E-state index contributed by atoms with van der Waals surface area (Å²) >= 11 is 13.3. The van der Waals surface area contributed by atoms with Crippen molar-refractivity contribution in [1.29, 1.82) is 0 Å². The first-order chi connectivity index (χ1) is 14.4. The van der Waals surface area contributed by atoms with Gasteiger partial charge in [0.2, 0.25) is 0 Å². The van der Waals surface area contributed by atoms with Gasteiger partial charge in [-0.2, -0.15) is 22.7 Å². The smallest absolute Gasteiger partial charge is 0.0816 e. The summed E-state index contributed by atoms with van der Waals surface area (Å²) in [6.07, 6.45) is 4.83. The number of hydrogen-bond donors (Lipinski definition) is 0. The molecule has 0 aliphatic carbocycles. The second-order valence-corrected chi connectivity index (χ2v) is 9.64. The normalized spacial score (nSPS) is 11.7. The zero-order valence-corrected chi connectivity index (χ0v) is 20.2. The van der Waals surface area contributed by atoms with Crippen LogP contribution < -0.4 is 16.4 Å². The summed E-state index contributed by atoms with van der Waals surface area (Å²) < 4.78 is 0. The van der Waals surface area contributed by atoms with Gasteiger partial charge in [0.15, 0.2) is 0 Å². The van der Waals surface area contributed by atoms with Gasteiger partial charge in [-0.25, -0.2) is 0 Å². The summed E-state index contributed by atoms with van der Waals surface area (Å²) in [4.78, 5) is 0. The van der Waals surface area contributed by atoms with E-state index in [2.05, 4.69) is 88.4 Å². The number of hydrogen-bond acceptors (Lipinski definition) is 0. The third-order valence-corrected chi connectivity index (χ3v) is 7.48. The van der Waals surface area contributed by atoms with Crippen LogP contribution in [-0.2, 0) is 0 Å². The standard InChI is InChI=1S/C27H32BCl2/c1-5-6-7-8-17-28(23-13-9-20(2)10-14-23,24-15-11-21(3)26(29)18-24)25-16-12-22(4)27(30)19-25/h9-16,18-19H,5-8,17H2,1-4H3/q-1. The molecule has 0 bridgehead atoms. The van der Waals surface area contributed by atoms with Crippen LogP contribution in [0.2, 0.25) is 16.4 Å². The molecule has 0 spiro atoms. The first-order valence-corrected chi connectivity index (χ1v) is 11.9. The van der Waals surface area contributed by atoms with Crippen LogP contribution in [0.4, 0.5) is 0 Å². The summed E-state index contributed by atoms with van der Waals surface area (Å²) in [7, 11) is 0. The number of aryl methyl sites for hydroxylation is 3. The number of unbranched alkanes of at least 4 members (excludes halogenated alkanes) is 3. The van der Waals surface area contributed by atoms with Crippen molar-refractivity contribution in [2.45, 2.75) is 59.7 Å². The van der Waals surface area contributed by atoms with Gasteiger partial charge in [-0.15, -0.1) is 0 Å². The van der Waals surface area contributed by atoms with Crippen LogP contribution in [0.3, 0.4) is 0 Å². The Kier molecular flexibility index (Phi) is 7.72. The Balaban J connectivity index is 2.27. The summed E-state index contributed by atoms with van der Waals surface area (Å²) in [5.41, 5.74) is 7.45. The molecule has 0 atom stereocenters.